The van der Waals surface area contributed by atoms with Gasteiger partial charge in [-0.3, -0.25) is 15.1 Å². The molecule has 2 N–H and O–H groups in total. The molecule has 0 heterocycles. The van der Waals surface area contributed by atoms with E-state index in [4.69, 9.17) is 5.73 Å². The van der Waals surface area contributed by atoms with E-state index < -0.39 is 22.7 Å². The summed E-state index contributed by atoms with van der Waals surface area (Å²) in [5, 5.41) is 10.1. The first kappa shape index (κ1) is 10.5. The molecule has 12 heavy (non-hydrogen) atoms. The molecule has 0 saturated carbocycles. The second-order valence-electron chi connectivity index (χ2n) is 1.79. The van der Waals surface area contributed by atoms with Crippen molar-refractivity contribution >= 4 is 6.21 Å². The van der Waals surface area contributed by atoms with Gasteiger partial charge in [0.2, 0.25) is 0 Å². The lowest BCUT2D eigenvalue weighted by atomic mass is 10.3. The molecule has 0 aliphatic heterocycles. The summed E-state index contributed by atoms with van der Waals surface area (Å²) in [7, 11) is 1.22. The molecule has 0 fully saturated rings. The molecule has 0 rings (SSSR count). The van der Waals surface area contributed by atoms with Crippen molar-refractivity contribution in [3.8, 4) is 0 Å². The zero-order valence-corrected chi connectivity index (χ0v) is 6.20. The summed E-state index contributed by atoms with van der Waals surface area (Å²) in [5.74, 6) is 0. The van der Waals surface area contributed by atoms with Gasteiger partial charge < -0.3 is 5.73 Å². The minimum Gasteiger partial charge on any atom is -0.392 e. The van der Waals surface area contributed by atoms with Crippen molar-refractivity contribution in [2.75, 3.05) is 7.05 Å². The number of nitrogens with two attached hydrogens (primary N) is 1. The minimum atomic E-state index is -3.04. The fourth-order valence-corrected chi connectivity index (χ4v) is 0.461. The SMILES string of the molecule is CN=CC(=C(N)C(F)F)[N+](=O)[O-]. The Kier molecular flexibility index (Phi) is 3.81. The van der Waals surface area contributed by atoms with Crippen LogP contribution in [-0.4, -0.2) is 24.6 Å². The molecule has 0 radical (unpaired) electrons. The fourth-order valence-electron chi connectivity index (χ4n) is 0.461. The summed E-state index contributed by atoms with van der Waals surface area (Å²) in [6.45, 7) is 0. The minimum absolute atomic E-state index is 0.682. The highest BCUT2D eigenvalue weighted by Gasteiger charge is 2.20. The Morgan fingerprint density at radius 1 is 1.75 bits per heavy atom. The van der Waals surface area contributed by atoms with Gasteiger partial charge in [0.25, 0.3) is 6.43 Å². The molecule has 7 heteroatoms. The van der Waals surface area contributed by atoms with Gasteiger partial charge in [-0.25, -0.2) is 8.78 Å². The van der Waals surface area contributed by atoms with Crippen LogP contribution >= 0.6 is 0 Å². The molecule has 0 aliphatic carbocycles. The molecule has 0 unspecified atom stereocenters. The van der Waals surface area contributed by atoms with E-state index in [2.05, 4.69) is 4.99 Å². The van der Waals surface area contributed by atoms with E-state index in [1.165, 1.54) is 7.05 Å². The Labute approximate surface area is 66.7 Å². The molecular weight excluding hydrogens is 172 g/mol. The van der Waals surface area contributed by atoms with E-state index >= 15 is 0 Å². The monoisotopic (exact) mass is 179 g/mol. The van der Waals surface area contributed by atoms with Crippen LogP contribution in [0.3, 0.4) is 0 Å². The summed E-state index contributed by atoms with van der Waals surface area (Å²) < 4.78 is 23.6. The average molecular weight is 179 g/mol. The van der Waals surface area contributed by atoms with Gasteiger partial charge in [0, 0.05) is 7.05 Å². The first-order valence-corrected chi connectivity index (χ1v) is 2.85. The fraction of sp³-hybridized carbons (Fsp3) is 0.400. The zero-order chi connectivity index (χ0) is 9.72. The lowest BCUT2D eigenvalue weighted by Crippen LogP contribution is -2.16. The van der Waals surface area contributed by atoms with Gasteiger partial charge in [-0.1, -0.05) is 0 Å². The number of nitrogens with zero attached hydrogens (tertiary/aromatic N) is 2. The second-order valence-corrected chi connectivity index (χ2v) is 1.79. The van der Waals surface area contributed by atoms with E-state index in [0.29, 0.717) is 6.21 Å². The molecule has 0 spiro atoms. The van der Waals surface area contributed by atoms with Gasteiger partial charge in [0.05, 0.1) is 4.92 Å². The van der Waals surface area contributed by atoms with E-state index in [1.807, 2.05) is 0 Å². The second kappa shape index (κ2) is 4.37. The Balaban J connectivity index is 4.93. The summed E-state index contributed by atoms with van der Waals surface area (Å²) in [6.07, 6.45) is -2.36. The standard InChI is InChI=1S/C5H7F2N3O2/c1-9-2-3(10(11)12)4(8)5(6)7/h2,5H,8H2,1H3. The number of hydrogen-bond acceptors (Lipinski definition) is 4. The number of nitro groups is 1. The third-order valence-corrected chi connectivity index (χ3v) is 0.979. The van der Waals surface area contributed by atoms with Crippen LogP contribution in [0.5, 0.6) is 0 Å². The highest BCUT2D eigenvalue weighted by molar-refractivity contribution is 5.76. The third-order valence-electron chi connectivity index (χ3n) is 0.979. The maximum absolute atomic E-state index is 11.8. The Morgan fingerprint density at radius 3 is 2.50 bits per heavy atom. The summed E-state index contributed by atoms with van der Waals surface area (Å²) in [6, 6.07) is 0. The summed E-state index contributed by atoms with van der Waals surface area (Å²) >= 11 is 0. The van der Waals surface area contributed by atoms with Crippen LogP contribution in [0.4, 0.5) is 8.78 Å². The molecule has 68 valence electrons. The normalized spacial score (nSPS) is 13.7. The molecule has 0 aromatic heterocycles. The number of hydrogen-bond donors (Lipinski definition) is 1. The molecule has 0 amide bonds. The number of rotatable bonds is 3. The van der Waals surface area contributed by atoms with Crippen LogP contribution < -0.4 is 5.73 Å². The quantitative estimate of drug-likeness (QED) is 0.386. The van der Waals surface area contributed by atoms with Crippen LogP contribution in [0, 0.1) is 10.1 Å². The lowest BCUT2D eigenvalue weighted by molar-refractivity contribution is -0.416. The average Bonchev–Trinajstić information content (AvgIpc) is 1.98. The van der Waals surface area contributed by atoms with Crippen molar-refractivity contribution in [2.24, 2.45) is 10.7 Å². The number of allylic oxidation sites excluding steroid dienone is 2. The first-order chi connectivity index (χ1) is 5.50. The van der Waals surface area contributed by atoms with Crippen LogP contribution in [0.1, 0.15) is 0 Å². The Hall–Kier alpha value is -1.53. The van der Waals surface area contributed by atoms with Crippen molar-refractivity contribution in [1.29, 1.82) is 0 Å². The van der Waals surface area contributed by atoms with Gasteiger partial charge in [0.1, 0.15) is 6.21 Å². The first-order valence-electron chi connectivity index (χ1n) is 2.85. The predicted molar refractivity (Wildman–Crippen MR) is 38.6 cm³/mol. The van der Waals surface area contributed by atoms with Gasteiger partial charge in [-0.05, 0) is 0 Å². The topological polar surface area (TPSA) is 81.5 Å². The van der Waals surface area contributed by atoms with Crippen LogP contribution in [0.25, 0.3) is 0 Å². The molecule has 5 nitrogen and oxygen atoms in total. The van der Waals surface area contributed by atoms with E-state index in [9.17, 15) is 18.9 Å². The maximum atomic E-state index is 11.8. The largest absolute Gasteiger partial charge is 0.392 e. The summed E-state index contributed by atoms with van der Waals surface area (Å²) in [5.41, 5.74) is 2.80. The molecular formula is C5H7F2N3O2. The van der Waals surface area contributed by atoms with E-state index in [-0.39, 0.29) is 0 Å². The highest BCUT2D eigenvalue weighted by Crippen LogP contribution is 2.07. The predicted octanol–water partition coefficient (Wildman–Crippen LogP) is 0.399. The van der Waals surface area contributed by atoms with Crippen LogP contribution in [0.2, 0.25) is 0 Å². The van der Waals surface area contributed by atoms with Crippen molar-refractivity contribution in [1.82, 2.24) is 0 Å². The molecule has 0 aromatic carbocycles. The van der Waals surface area contributed by atoms with Crippen LogP contribution in [-0.2, 0) is 0 Å². The van der Waals surface area contributed by atoms with Gasteiger partial charge in [-0.2, -0.15) is 0 Å². The number of aliphatic imine (C=N–C) groups is 1. The van der Waals surface area contributed by atoms with Crippen molar-refractivity contribution in [3.05, 3.63) is 21.5 Å². The van der Waals surface area contributed by atoms with Gasteiger partial charge in [-0.15, -0.1) is 0 Å². The maximum Gasteiger partial charge on any atom is 0.311 e. The molecule has 0 aromatic rings. The Bertz CT molecular complexity index is 237. The third kappa shape index (κ3) is 2.60. The van der Waals surface area contributed by atoms with Crippen LogP contribution in [0.15, 0.2) is 16.4 Å². The highest BCUT2D eigenvalue weighted by atomic mass is 19.3. The van der Waals surface area contributed by atoms with Crippen molar-refractivity contribution < 1.29 is 13.7 Å². The number of alkyl halides is 2. The van der Waals surface area contributed by atoms with Gasteiger partial charge in [0.15, 0.2) is 5.70 Å². The van der Waals surface area contributed by atoms with E-state index in [1.54, 1.807) is 0 Å². The molecule has 0 bridgehead atoms. The molecule has 0 aliphatic rings. The molecule has 0 atom stereocenters. The van der Waals surface area contributed by atoms with Crippen molar-refractivity contribution in [3.63, 3.8) is 0 Å². The Morgan fingerprint density at radius 2 is 2.25 bits per heavy atom. The van der Waals surface area contributed by atoms with Crippen molar-refractivity contribution in [2.45, 2.75) is 6.43 Å². The zero-order valence-electron chi connectivity index (χ0n) is 6.20. The summed E-state index contributed by atoms with van der Waals surface area (Å²) in [4.78, 5) is 12.3. The van der Waals surface area contributed by atoms with Gasteiger partial charge >= 0.3 is 5.70 Å². The lowest BCUT2D eigenvalue weighted by Gasteiger charge is -1.97. The smallest absolute Gasteiger partial charge is 0.311 e. The molecule has 0 saturated heterocycles. The van der Waals surface area contributed by atoms with E-state index in [0.717, 1.165) is 0 Å². The number of halogens is 2.